The Labute approximate surface area is 199 Å². The number of carbonyl (C=O) groups excluding carboxylic acids is 1. The third kappa shape index (κ3) is 3.76. The second-order valence-corrected chi connectivity index (χ2v) is 8.79. The SMILES string of the molecule is Cc1c(-c2cc3cc(NC(=O)O[C@H]4CO[C@@H]5OCC[C@@H]54)ncc3c(N)c2F)cnc2c1NCCO2. The number of nitrogen functional groups attached to an aromatic ring is 1. The summed E-state index contributed by atoms with van der Waals surface area (Å²) in [6, 6.07) is 3.30. The Morgan fingerprint density at radius 3 is 3.00 bits per heavy atom. The van der Waals surface area contributed by atoms with Crippen molar-refractivity contribution in [2.45, 2.75) is 25.7 Å². The highest BCUT2D eigenvalue weighted by Crippen LogP contribution is 2.39. The number of anilines is 3. The normalized spacial score (nSPS) is 22.7. The number of pyridine rings is 2. The van der Waals surface area contributed by atoms with E-state index in [-0.39, 0.29) is 29.8 Å². The smallest absolute Gasteiger partial charge is 0.413 e. The van der Waals surface area contributed by atoms with Crippen LogP contribution < -0.4 is 21.1 Å². The van der Waals surface area contributed by atoms with Crippen molar-refractivity contribution < 1.29 is 28.1 Å². The molecule has 3 aromatic rings. The molecule has 0 aliphatic carbocycles. The predicted molar refractivity (Wildman–Crippen MR) is 126 cm³/mol. The third-order valence-electron chi connectivity index (χ3n) is 6.71. The summed E-state index contributed by atoms with van der Waals surface area (Å²) in [7, 11) is 0. The molecule has 0 saturated carbocycles. The molecule has 3 aliphatic rings. The molecule has 3 atom stereocenters. The Morgan fingerprint density at radius 1 is 1.23 bits per heavy atom. The van der Waals surface area contributed by atoms with Gasteiger partial charge in [-0.15, -0.1) is 0 Å². The van der Waals surface area contributed by atoms with Crippen LogP contribution in [0.3, 0.4) is 0 Å². The van der Waals surface area contributed by atoms with Gasteiger partial charge in [-0.3, -0.25) is 5.32 Å². The first-order valence-corrected chi connectivity index (χ1v) is 11.4. The zero-order chi connectivity index (χ0) is 24.1. The molecule has 3 aliphatic heterocycles. The molecule has 4 N–H and O–H groups in total. The lowest BCUT2D eigenvalue weighted by Gasteiger charge is -2.22. The van der Waals surface area contributed by atoms with Crippen molar-refractivity contribution in [3.63, 3.8) is 0 Å². The standard InChI is InChI=1S/C24H24FN5O5/c1-11-15(8-29-22-21(11)27-3-5-32-22)14-6-12-7-18(28-9-16(12)20(26)19(14)25)30-24(31)35-17-10-34-23-13(17)2-4-33-23/h6-9,13,17,23,27H,2-5,10,26H2,1H3,(H,28,30,31)/t13-,17+,23+/m1/s1. The number of carbonyl (C=O) groups is 1. The summed E-state index contributed by atoms with van der Waals surface area (Å²) < 4.78 is 37.4. The highest BCUT2D eigenvalue weighted by atomic mass is 19.1. The molecule has 2 fully saturated rings. The van der Waals surface area contributed by atoms with E-state index in [1.807, 2.05) is 6.92 Å². The number of aromatic nitrogens is 2. The molecule has 2 saturated heterocycles. The summed E-state index contributed by atoms with van der Waals surface area (Å²) in [5, 5.41) is 6.95. The first-order chi connectivity index (χ1) is 17.0. The second-order valence-electron chi connectivity index (χ2n) is 8.79. The van der Waals surface area contributed by atoms with E-state index in [1.165, 1.54) is 6.20 Å². The number of fused-ring (bicyclic) bond motifs is 3. The monoisotopic (exact) mass is 481 g/mol. The average molecular weight is 481 g/mol. The maximum absolute atomic E-state index is 15.3. The van der Waals surface area contributed by atoms with Gasteiger partial charge in [-0.2, -0.15) is 0 Å². The molecule has 0 bridgehead atoms. The van der Waals surface area contributed by atoms with E-state index >= 15 is 4.39 Å². The number of amides is 1. The minimum Gasteiger partial charge on any atom is -0.474 e. The topological polar surface area (TPSA) is 130 Å². The number of nitrogens with one attached hydrogen (secondary N) is 2. The molecule has 1 amide bonds. The first-order valence-electron chi connectivity index (χ1n) is 11.4. The van der Waals surface area contributed by atoms with Crippen molar-refractivity contribution >= 4 is 34.1 Å². The molecule has 182 valence electrons. The fourth-order valence-corrected chi connectivity index (χ4v) is 4.87. The van der Waals surface area contributed by atoms with Crippen molar-refractivity contribution in [2.75, 3.05) is 42.7 Å². The lowest BCUT2D eigenvalue weighted by molar-refractivity contribution is -0.0907. The van der Waals surface area contributed by atoms with Crippen LogP contribution in [0.25, 0.3) is 21.9 Å². The Morgan fingerprint density at radius 2 is 2.11 bits per heavy atom. The number of halogens is 1. The summed E-state index contributed by atoms with van der Waals surface area (Å²) in [6.45, 7) is 3.91. The van der Waals surface area contributed by atoms with Gasteiger partial charge in [-0.25, -0.2) is 19.2 Å². The molecule has 35 heavy (non-hydrogen) atoms. The van der Waals surface area contributed by atoms with Crippen LogP contribution in [0.4, 0.5) is 26.4 Å². The molecule has 0 spiro atoms. The van der Waals surface area contributed by atoms with E-state index in [1.54, 1.807) is 18.3 Å². The summed E-state index contributed by atoms with van der Waals surface area (Å²) in [4.78, 5) is 21.1. The minimum absolute atomic E-state index is 0.0315. The Balaban J connectivity index is 1.29. The van der Waals surface area contributed by atoms with Gasteiger partial charge in [0.15, 0.2) is 12.1 Å². The Bertz CT molecular complexity index is 1340. The van der Waals surface area contributed by atoms with E-state index in [9.17, 15) is 4.79 Å². The van der Waals surface area contributed by atoms with Crippen LogP contribution in [0.1, 0.15) is 12.0 Å². The third-order valence-corrected chi connectivity index (χ3v) is 6.71. The predicted octanol–water partition coefficient (Wildman–Crippen LogP) is 3.44. The number of rotatable bonds is 3. The van der Waals surface area contributed by atoms with Gasteiger partial charge in [0.25, 0.3) is 0 Å². The van der Waals surface area contributed by atoms with Gasteiger partial charge in [-0.1, -0.05) is 0 Å². The molecule has 0 unspecified atom stereocenters. The van der Waals surface area contributed by atoms with Crippen LogP contribution in [-0.2, 0) is 14.2 Å². The zero-order valence-electron chi connectivity index (χ0n) is 19.0. The van der Waals surface area contributed by atoms with Crippen LogP contribution in [0.15, 0.2) is 24.5 Å². The van der Waals surface area contributed by atoms with Gasteiger partial charge in [0.2, 0.25) is 5.88 Å². The van der Waals surface area contributed by atoms with E-state index in [2.05, 4.69) is 20.6 Å². The van der Waals surface area contributed by atoms with Crippen molar-refractivity contribution in [1.82, 2.24) is 9.97 Å². The van der Waals surface area contributed by atoms with Gasteiger partial charge in [-0.05, 0) is 36.4 Å². The molecular formula is C24H24FN5O5. The number of hydrogen-bond acceptors (Lipinski definition) is 9. The van der Waals surface area contributed by atoms with E-state index < -0.39 is 11.9 Å². The van der Waals surface area contributed by atoms with E-state index in [0.717, 1.165) is 17.7 Å². The van der Waals surface area contributed by atoms with Gasteiger partial charge >= 0.3 is 6.09 Å². The first kappa shape index (κ1) is 21.8. The summed E-state index contributed by atoms with van der Waals surface area (Å²) in [5.74, 6) is 0.219. The maximum Gasteiger partial charge on any atom is 0.413 e. The van der Waals surface area contributed by atoms with Crippen LogP contribution in [0.2, 0.25) is 0 Å². The van der Waals surface area contributed by atoms with E-state index in [4.69, 9.17) is 24.7 Å². The fraction of sp³-hybridized carbons (Fsp3) is 0.375. The van der Waals surface area contributed by atoms with Gasteiger partial charge in [0, 0.05) is 35.5 Å². The zero-order valence-corrected chi connectivity index (χ0v) is 19.0. The number of nitrogens with two attached hydrogens (primary N) is 1. The Kier molecular flexibility index (Phi) is 5.30. The lowest BCUT2D eigenvalue weighted by Crippen LogP contribution is -2.28. The Hall–Kier alpha value is -3.70. The second kappa shape index (κ2) is 8.51. The molecule has 11 heteroatoms. The van der Waals surface area contributed by atoms with Crippen LogP contribution in [0.5, 0.6) is 5.88 Å². The summed E-state index contributed by atoms with van der Waals surface area (Å²) >= 11 is 0. The van der Waals surface area contributed by atoms with Crippen LogP contribution in [-0.4, -0.2) is 54.8 Å². The summed E-state index contributed by atoms with van der Waals surface area (Å²) in [5.41, 5.74) is 8.53. The molecule has 6 rings (SSSR count). The summed E-state index contributed by atoms with van der Waals surface area (Å²) in [6.07, 6.45) is 2.45. The van der Waals surface area contributed by atoms with Crippen LogP contribution >= 0.6 is 0 Å². The molecule has 0 radical (unpaired) electrons. The molecule has 1 aromatic carbocycles. The number of hydrogen-bond donors (Lipinski definition) is 3. The fourth-order valence-electron chi connectivity index (χ4n) is 4.87. The molecule has 10 nitrogen and oxygen atoms in total. The largest absolute Gasteiger partial charge is 0.474 e. The van der Waals surface area contributed by atoms with E-state index in [0.29, 0.717) is 54.1 Å². The lowest BCUT2D eigenvalue weighted by atomic mass is 9.97. The van der Waals surface area contributed by atoms with Crippen molar-refractivity contribution in [2.24, 2.45) is 5.92 Å². The maximum atomic E-state index is 15.3. The minimum atomic E-state index is -0.644. The number of ether oxygens (including phenoxy) is 4. The van der Waals surface area contributed by atoms with Crippen molar-refractivity contribution in [3.05, 3.63) is 35.9 Å². The van der Waals surface area contributed by atoms with Gasteiger partial charge in [0.05, 0.1) is 24.8 Å². The molecule has 2 aromatic heterocycles. The highest BCUT2D eigenvalue weighted by Gasteiger charge is 2.43. The quantitative estimate of drug-likeness (QED) is 0.482. The average Bonchev–Trinajstić information content (AvgIpc) is 3.47. The van der Waals surface area contributed by atoms with Gasteiger partial charge in [0.1, 0.15) is 24.2 Å². The van der Waals surface area contributed by atoms with Crippen LogP contribution in [0, 0.1) is 18.7 Å². The number of benzene rings is 1. The van der Waals surface area contributed by atoms with Gasteiger partial charge < -0.3 is 30.0 Å². The van der Waals surface area contributed by atoms with Crippen molar-refractivity contribution in [1.29, 1.82) is 0 Å². The van der Waals surface area contributed by atoms with Crippen molar-refractivity contribution in [3.8, 4) is 17.0 Å². The highest BCUT2D eigenvalue weighted by molar-refractivity contribution is 5.99. The molecular weight excluding hydrogens is 457 g/mol. The molecule has 5 heterocycles. The number of nitrogens with zero attached hydrogens (tertiary/aromatic N) is 2.